The van der Waals surface area contributed by atoms with Crippen LogP contribution in [0, 0.1) is 0 Å². The number of hydrogen-bond donors (Lipinski definition) is 3. The zero-order valence-corrected chi connectivity index (χ0v) is 10.4. The monoisotopic (exact) mass is 256 g/mol. The minimum absolute atomic E-state index is 0.344. The molecular weight excluding hydrogens is 240 g/mol. The summed E-state index contributed by atoms with van der Waals surface area (Å²) < 4.78 is 5.02. The molecule has 0 saturated carbocycles. The lowest BCUT2D eigenvalue weighted by atomic mass is 9.97. The van der Waals surface area contributed by atoms with Gasteiger partial charge in [-0.3, -0.25) is 4.79 Å². The topological polar surface area (TPSA) is 66.8 Å². The Morgan fingerprint density at radius 2 is 2.18 bits per heavy atom. The Hall–Kier alpha value is -1.04. The van der Waals surface area contributed by atoms with E-state index in [1.807, 2.05) is 0 Å². The number of methoxy groups -OCH3 is 1. The summed E-state index contributed by atoms with van der Waals surface area (Å²) >= 11 is 3.99. The quantitative estimate of drug-likeness (QED) is 0.529. The molecule has 2 atom stereocenters. The molecule has 0 aromatic heterocycles. The molecule has 1 rings (SSSR count). The van der Waals surface area contributed by atoms with Gasteiger partial charge in [0.1, 0.15) is 18.1 Å². The van der Waals surface area contributed by atoms with E-state index in [2.05, 4.69) is 12.6 Å². The number of aliphatic hydroxyl groups excluding tert-OH is 2. The fourth-order valence-electron chi connectivity index (χ4n) is 1.54. The molecule has 0 aliphatic rings. The van der Waals surface area contributed by atoms with Gasteiger partial charge in [-0.15, -0.1) is 0 Å². The molecule has 0 heterocycles. The first-order valence-corrected chi connectivity index (χ1v) is 5.87. The van der Waals surface area contributed by atoms with Crippen LogP contribution in [0.2, 0.25) is 0 Å². The van der Waals surface area contributed by atoms with Crippen LogP contribution >= 0.6 is 12.6 Å². The van der Waals surface area contributed by atoms with Crippen molar-refractivity contribution in [2.24, 2.45) is 0 Å². The minimum atomic E-state index is -1.11. The maximum atomic E-state index is 10.9. The Morgan fingerprint density at radius 1 is 1.47 bits per heavy atom. The van der Waals surface area contributed by atoms with Gasteiger partial charge in [-0.1, -0.05) is 0 Å². The summed E-state index contributed by atoms with van der Waals surface area (Å²) in [7, 11) is 1.50. The normalized spacial score (nSPS) is 14.1. The summed E-state index contributed by atoms with van der Waals surface area (Å²) in [4.78, 5) is 10.9. The molecule has 2 unspecified atom stereocenters. The van der Waals surface area contributed by atoms with Crippen LogP contribution < -0.4 is 4.74 Å². The highest BCUT2D eigenvalue weighted by Crippen LogP contribution is 2.26. The van der Waals surface area contributed by atoms with E-state index in [4.69, 9.17) is 4.74 Å². The van der Waals surface area contributed by atoms with Gasteiger partial charge in [-0.2, -0.15) is 12.6 Å². The Labute approximate surface area is 106 Å². The smallest absolute Gasteiger partial charge is 0.150 e. The van der Waals surface area contributed by atoms with E-state index in [0.717, 1.165) is 0 Å². The van der Waals surface area contributed by atoms with Crippen LogP contribution in [-0.4, -0.2) is 35.5 Å². The zero-order valence-electron chi connectivity index (χ0n) is 9.54. The standard InChI is InChI=1S/C12H16O4S/c1-16-9-3-2-8(7-13)10(6-9)12(15)11(14)4-5-17/h2-3,6-7,11-12,14-15,17H,4-5H2,1H3. The lowest BCUT2D eigenvalue weighted by Crippen LogP contribution is -2.20. The van der Waals surface area contributed by atoms with Crippen molar-refractivity contribution in [3.8, 4) is 5.75 Å². The van der Waals surface area contributed by atoms with Crippen LogP contribution in [0.3, 0.4) is 0 Å². The number of hydrogen-bond acceptors (Lipinski definition) is 5. The van der Waals surface area contributed by atoms with E-state index in [0.29, 0.717) is 35.3 Å². The number of aliphatic hydroxyl groups is 2. The van der Waals surface area contributed by atoms with Crippen molar-refractivity contribution in [1.29, 1.82) is 0 Å². The van der Waals surface area contributed by atoms with Crippen LogP contribution in [0.5, 0.6) is 5.75 Å². The van der Waals surface area contributed by atoms with Gasteiger partial charge in [0.05, 0.1) is 13.2 Å². The second-order valence-corrected chi connectivity index (χ2v) is 4.08. The highest BCUT2D eigenvalue weighted by molar-refractivity contribution is 7.80. The van der Waals surface area contributed by atoms with Crippen molar-refractivity contribution in [3.05, 3.63) is 29.3 Å². The van der Waals surface area contributed by atoms with Gasteiger partial charge in [-0.05, 0) is 35.9 Å². The van der Waals surface area contributed by atoms with Gasteiger partial charge >= 0.3 is 0 Å². The van der Waals surface area contributed by atoms with Gasteiger partial charge in [0.15, 0.2) is 0 Å². The zero-order chi connectivity index (χ0) is 12.8. The predicted octanol–water partition coefficient (Wildman–Crippen LogP) is 1.22. The fourth-order valence-corrected chi connectivity index (χ4v) is 1.81. The second kappa shape index (κ2) is 6.64. The van der Waals surface area contributed by atoms with Gasteiger partial charge in [0.25, 0.3) is 0 Å². The van der Waals surface area contributed by atoms with Crippen LogP contribution in [0.1, 0.15) is 28.4 Å². The van der Waals surface area contributed by atoms with Crippen molar-refractivity contribution in [2.75, 3.05) is 12.9 Å². The van der Waals surface area contributed by atoms with Gasteiger partial charge in [0.2, 0.25) is 0 Å². The molecule has 2 N–H and O–H groups in total. The molecule has 4 nitrogen and oxygen atoms in total. The first-order chi connectivity index (χ1) is 8.13. The molecule has 17 heavy (non-hydrogen) atoms. The molecule has 5 heteroatoms. The van der Waals surface area contributed by atoms with E-state index in [1.54, 1.807) is 18.2 Å². The average molecular weight is 256 g/mol. The summed E-state index contributed by atoms with van der Waals surface area (Å²) in [6.07, 6.45) is -1.07. The molecule has 94 valence electrons. The third-order valence-electron chi connectivity index (χ3n) is 2.53. The molecule has 0 aliphatic heterocycles. The minimum Gasteiger partial charge on any atom is -0.497 e. The Morgan fingerprint density at radius 3 is 2.71 bits per heavy atom. The van der Waals surface area contributed by atoms with E-state index in [9.17, 15) is 15.0 Å². The number of aldehydes is 1. The average Bonchev–Trinajstić information content (AvgIpc) is 2.37. The highest BCUT2D eigenvalue weighted by atomic mass is 32.1. The fraction of sp³-hybridized carbons (Fsp3) is 0.417. The summed E-state index contributed by atoms with van der Waals surface area (Å²) in [6, 6.07) is 4.74. The van der Waals surface area contributed by atoms with Crippen molar-refractivity contribution in [1.82, 2.24) is 0 Å². The van der Waals surface area contributed by atoms with E-state index in [1.165, 1.54) is 7.11 Å². The lowest BCUT2D eigenvalue weighted by Gasteiger charge is -2.19. The first-order valence-electron chi connectivity index (χ1n) is 5.24. The molecule has 0 bridgehead atoms. The largest absolute Gasteiger partial charge is 0.497 e. The molecule has 0 saturated heterocycles. The highest BCUT2D eigenvalue weighted by Gasteiger charge is 2.21. The summed E-state index contributed by atoms with van der Waals surface area (Å²) in [5, 5.41) is 19.7. The van der Waals surface area contributed by atoms with Crippen molar-refractivity contribution in [2.45, 2.75) is 18.6 Å². The van der Waals surface area contributed by atoms with E-state index >= 15 is 0 Å². The third-order valence-corrected chi connectivity index (χ3v) is 2.79. The van der Waals surface area contributed by atoms with Crippen molar-refractivity contribution >= 4 is 18.9 Å². The maximum absolute atomic E-state index is 10.9. The molecule has 0 spiro atoms. The number of thiol groups is 1. The summed E-state index contributed by atoms with van der Waals surface area (Å²) in [5.74, 6) is 0.987. The Kier molecular flexibility index (Phi) is 5.47. The summed E-state index contributed by atoms with van der Waals surface area (Å²) in [5.41, 5.74) is 0.713. The number of rotatable bonds is 6. The molecule has 0 radical (unpaired) electrons. The van der Waals surface area contributed by atoms with Crippen molar-refractivity contribution < 1.29 is 19.7 Å². The number of carbonyl (C=O) groups is 1. The number of benzene rings is 1. The molecule has 0 aliphatic carbocycles. The van der Waals surface area contributed by atoms with Crippen LogP contribution in [0.15, 0.2) is 18.2 Å². The number of ether oxygens (including phenoxy) is 1. The van der Waals surface area contributed by atoms with E-state index < -0.39 is 12.2 Å². The Bertz CT molecular complexity index is 381. The third kappa shape index (κ3) is 3.46. The molecule has 1 aromatic rings. The maximum Gasteiger partial charge on any atom is 0.150 e. The van der Waals surface area contributed by atoms with Crippen LogP contribution in [0.4, 0.5) is 0 Å². The van der Waals surface area contributed by atoms with E-state index in [-0.39, 0.29) is 0 Å². The van der Waals surface area contributed by atoms with Gasteiger partial charge in [0, 0.05) is 5.56 Å². The van der Waals surface area contributed by atoms with Crippen LogP contribution in [0.25, 0.3) is 0 Å². The molecule has 0 fully saturated rings. The second-order valence-electron chi connectivity index (χ2n) is 3.64. The van der Waals surface area contributed by atoms with Crippen molar-refractivity contribution in [3.63, 3.8) is 0 Å². The SMILES string of the molecule is COc1ccc(C=O)c(C(O)C(O)CCS)c1. The lowest BCUT2D eigenvalue weighted by molar-refractivity contribution is 0.0168. The molecule has 1 aromatic carbocycles. The number of carbonyl (C=O) groups excluding carboxylic acids is 1. The Balaban J connectivity index is 3.04. The predicted molar refractivity (Wildman–Crippen MR) is 67.8 cm³/mol. The van der Waals surface area contributed by atoms with Gasteiger partial charge in [-0.25, -0.2) is 0 Å². The first kappa shape index (κ1) is 14.0. The van der Waals surface area contributed by atoms with Crippen LogP contribution in [-0.2, 0) is 0 Å². The summed E-state index contributed by atoms with van der Waals surface area (Å²) in [6.45, 7) is 0. The molecule has 0 amide bonds. The molecular formula is C12H16O4S. The van der Waals surface area contributed by atoms with Gasteiger partial charge < -0.3 is 14.9 Å².